The maximum Gasteiger partial charge on any atom is 0.164 e. The second-order valence-corrected chi connectivity index (χ2v) is 8.38. The number of rotatable bonds is 6. The van der Waals surface area contributed by atoms with Gasteiger partial charge in [0.15, 0.2) is 5.65 Å². The molecule has 5 rings (SSSR count). The van der Waals surface area contributed by atoms with Crippen LogP contribution in [0.1, 0.15) is 17.8 Å². The molecule has 0 saturated carbocycles. The van der Waals surface area contributed by atoms with E-state index >= 15 is 0 Å². The van der Waals surface area contributed by atoms with Gasteiger partial charge in [-0.05, 0) is 55.6 Å². The van der Waals surface area contributed by atoms with Gasteiger partial charge in [-0.2, -0.15) is 0 Å². The Balaban J connectivity index is 1.53. The zero-order valence-corrected chi connectivity index (χ0v) is 17.8. The Morgan fingerprint density at radius 3 is 2.71 bits per heavy atom. The van der Waals surface area contributed by atoms with Crippen LogP contribution in [0, 0.1) is 11.7 Å². The van der Waals surface area contributed by atoms with Crippen molar-refractivity contribution < 1.29 is 4.39 Å². The number of aryl methyl sites for hydroxylation is 2. The molecule has 31 heavy (non-hydrogen) atoms. The predicted octanol–water partition coefficient (Wildman–Crippen LogP) is 4.68. The molecule has 1 fully saturated rings. The van der Waals surface area contributed by atoms with E-state index in [0.717, 1.165) is 48.6 Å². The number of hydrogen-bond acceptors (Lipinski definition) is 4. The molecule has 158 valence electrons. The van der Waals surface area contributed by atoms with Gasteiger partial charge in [0.25, 0.3) is 0 Å². The highest BCUT2D eigenvalue weighted by Crippen LogP contribution is 2.30. The molecule has 0 bridgehead atoms. The molecular weight excluding hydrogens is 413 g/mol. The fraction of sp³-hybridized carbons (Fsp3) is 0.292. The first-order chi connectivity index (χ1) is 15.2. The van der Waals surface area contributed by atoms with E-state index in [1.807, 2.05) is 30.3 Å². The minimum Gasteiger partial charge on any atom is -0.316 e. The SMILES string of the molecule is Fc1ccccc1CCc1ncc2nc(-c3ccccc3Cl)n(C[C@@H]3CCNC3)c2n1. The lowest BCUT2D eigenvalue weighted by Crippen LogP contribution is -2.16. The molecule has 0 radical (unpaired) electrons. The highest BCUT2D eigenvalue weighted by atomic mass is 35.5. The molecule has 0 amide bonds. The Bertz CT molecular complexity index is 1220. The summed E-state index contributed by atoms with van der Waals surface area (Å²) in [4.78, 5) is 14.2. The second kappa shape index (κ2) is 8.73. The first kappa shape index (κ1) is 20.1. The first-order valence-corrected chi connectivity index (χ1v) is 11.0. The van der Waals surface area contributed by atoms with E-state index in [9.17, 15) is 4.39 Å². The van der Waals surface area contributed by atoms with Crippen LogP contribution >= 0.6 is 11.6 Å². The predicted molar refractivity (Wildman–Crippen MR) is 121 cm³/mol. The van der Waals surface area contributed by atoms with Gasteiger partial charge in [0.2, 0.25) is 0 Å². The molecule has 0 unspecified atom stereocenters. The molecule has 1 saturated heterocycles. The van der Waals surface area contributed by atoms with Gasteiger partial charge in [0.1, 0.15) is 23.0 Å². The maximum atomic E-state index is 14.0. The molecule has 3 heterocycles. The van der Waals surface area contributed by atoms with Crippen molar-refractivity contribution >= 4 is 22.8 Å². The third kappa shape index (κ3) is 4.18. The lowest BCUT2D eigenvalue weighted by Gasteiger charge is -2.14. The van der Waals surface area contributed by atoms with Gasteiger partial charge in [-0.15, -0.1) is 0 Å². The number of aromatic nitrogens is 4. The van der Waals surface area contributed by atoms with Gasteiger partial charge in [-0.3, -0.25) is 0 Å². The molecule has 2 aromatic heterocycles. The van der Waals surface area contributed by atoms with Crippen LogP contribution in [0.15, 0.2) is 54.7 Å². The zero-order chi connectivity index (χ0) is 21.2. The lowest BCUT2D eigenvalue weighted by molar-refractivity contribution is 0.490. The van der Waals surface area contributed by atoms with Gasteiger partial charge >= 0.3 is 0 Å². The summed E-state index contributed by atoms with van der Waals surface area (Å²) in [5.74, 6) is 1.82. The van der Waals surface area contributed by atoms with Gasteiger partial charge in [0, 0.05) is 18.5 Å². The largest absolute Gasteiger partial charge is 0.316 e. The number of hydrogen-bond donors (Lipinski definition) is 1. The van der Waals surface area contributed by atoms with E-state index in [2.05, 4.69) is 14.9 Å². The zero-order valence-electron chi connectivity index (χ0n) is 17.1. The molecule has 5 nitrogen and oxygen atoms in total. The third-order valence-electron chi connectivity index (χ3n) is 5.83. The normalized spacial score (nSPS) is 16.3. The molecule has 0 spiro atoms. The van der Waals surface area contributed by atoms with Crippen molar-refractivity contribution in [2.45, 2.75) is 25.8 Å². The van der Waals surface area contributed by atoms with Crippen LogP contribution in [0.2, 0.25) is 5.02 Å². The number of nitrogens with zero attached hydrogens (tertiary/aromatic N) is 4. The molecule has 7 heteroatoms. The summed E-state index contributed by atoms with van der Waals surface area (Å²) < 4.78 is 16.2. The lowest BCUT2D eigenvalue weighted by atomic mass is 10.1. The quantitative estimate of drug-likeness (QED) is 0.477. The van der Waals surface area contributed by atoms with Gasteiger partial charge in [-0.1, -0.05) is 41.9 Å². The molecular formula is C24H23ClFN5. The summed E-state index contributed by atoms with van der Waals surface area (Å²) >= 11 is 6.50. The Labute approximate surface area is 185 Å². The maximum absolute atomic E-state index is 14.0. The van der Waals surface area contributed by atoms with E-state index in [0.29, 0.717) is 35.2 Å². The van der Waals surface area contributed by atoms with Crippen molar-refractivity contribution in [3.8, 4) is 11.4 Å². The fourth-order valence-electron chi connectivity index (χ4n) is 4.17. The molecule has 0 aliphatic carbocycles. The van der Waals surface area contributed by atoms with Crippen molar-refractivity contribution in [2.75, 3.05) is 13.1 Å². The van der Waals surface area contributed by atoms with Crippen molar-refractivity contribution in [3.05, 3.63) is 77.0 Å². The number of benzene rings is 2. The standard InChI is InChI=1S/C24H23ClFN5/c25-19-7-3-2-6-18(19)23-29-21-14-28-22(10-9-17-5-1-4-8-20(17)26)30-24(21)31(23)15-16-11-12-27-13-16/h1-8,14,16,27H,9-13,15H2/t16-/m1/s1. The Morgan fingerprint density at radius 1 is 1.06 bits per heavy atom. The summed E-state index contributed by atoms with van der Waals surface area (Å²) in [5, 5.41) is 4.09. The molecule has 1 aliphatic rings. The molecule has 2 aromatic carbocycles. The third-order valence-corrected chi connectivity index (χ3v) is 6.16. The summed E-state index contributed by atoms with van der Waals surface area (Å²) in [7, 11) is 0. The molecule has 1 atom stereocenters. The average Bonchev–Trinajstić information content (AvgIpc) is 3.42. The van der Waals surface area contributed by atoms with Gasteiger partial charge in [-0.25, -0.2) is 19.3 Å². The second-order valence-electron chi connectivity index (χ2n) is 7.97. The number of halogens is 2. The van der Waals surface area contributed by atoms with Crippen molar-refractivity contribution in [3.63, 3.8) is 0 Å². The van der Waals surface area contributed by atoms with Crippen molar-refractivity contribution in [2.24, 2.45) is 5.92 Å². The van der Waals surface area contributed by atoms with Crippen LogP contribution in [0.5, 0.6) is 0 Å². The highest BCUT2D eigenvalue weighted by molar-refractivity contribution is 6.33. The van der Waals surface area contributed by atoms with E-state index in [4.69, 9.17) is 21.6 Å². The van der Waals surface area contributed by atoms with Crippen LogP contribution in [0.25, 0.3) is 22.6 Å². The average molecular weight is 436 g/mol. The Hall–Kier alpha value is -2.83. The van der Waals surface area contributed by atoms with Gasteiger partial charge in [0.05, 0.1) is 11.2 Å². The van der Waals surface area contributed by atoms with Crippen molar-refractivity contribution in [1.29, 1.82) is 0 Å². The fourth-order valence-corrected chi connectivity index (χ4v) is 4.39. The van der Waals surface area contributed by atoms with Crippen LogP contribution < -0.4 is 5.32 Å². The van der Waals surface area contributed by atoms with E-state index in [1.54, 1.807) is 18.3 Å². The van der Waals surface area contributed by atoms with Crippen LogP contribution in [0.3, 0.4) is 0 Å². The van der Waals surface area contributed by atoms with Crippen molar-refractivity contribution in [1.82, 2.24) is 24.8 Å². The summed E-state index contributed by atoms with van der Waals surface area (Å²) in [6.07, 6.45) is 4.00. The smallest absolute Gasteiger partial charge is 0.164 e. The van der Waals surface area contributed by atoms with E-state index in [-0.39, 0.29) is 5.82 Å². The minimum absolute atomic E-state index is 0.191. The summed E-state index contributed by atoms with van der Waals surface area (Å²) in [5.41, 5.74) is 3.12. The van der Waals surface area contributed by atoms with Gasteiger partial charge < -0.3 is 9.88 Å². The number of imidazole rings is 1. The highest BCUT2D eigenvalue weighted by Gasteiger charge is 2.22. The monoisotopic (exact) mass is 435 g/mol. The first-order valence-electron chi connectivity index (χ1n) is 10.6. The minimum atomic E-state index is -0.191. The van der Waals surface area contributed by atoms with E-state index in [1.165, 1.54) is 6.07 Å². The van der Waals surface area contributed by atoms with Crippen LogP contribution in [-0.4, -0.2) is 32.6 Å². The Morgan fingerprint density at radius 2 is 1.90 bits per heavy atom. The summed E-state index contributed by atoms with van der Waals surface area (Å²) in [6, 6.07) is 14.6. The number of fused-ring (bicyclic) bond motifs is 1. The Kier molecular flexibility index (Phi) is 5.66. The van der Waals surface area contributed by atoms with E-state index < -0.39 is 0 Å². The van der Waals surface area contributed by atoms with Crippen LogP contribution in [-0.2, 0) is 19.4 Å². The topological polar surface area (TPSA) is 55.6 Å². The van der Waals surface area contributed by atoms with Crippen LogP contribution in [0.4, 0.5) is 4.39 Å². The molecule has 4 aromatic rings. The number of nitrogens with one attached hydrogen (secondary N) is 1. The molecule has 1 N–H and O–H groups in total. The molecule has 1 aliphatic heterocycles. The summed E-state index contributed by atoms with van der Waals surface area (Å²) in [6.45, 7) is 2.82.